The van der Waals surface area contributed by atoms with Gasteiger partial charge in [-0.2, -0.15) is 0 Å². The van der Waals surface area contributed by atoms with Crippen molar-refractivity contribution in [2.45, 2.75) is 82.7 Å². The summed E-state index contributed by atoms with van der Waals surface area (Å²) in [6.45, 7) is 17.0. The van der Waals surface area contributed by atoms with Gasteiger partial charge in [0, 0.05) is 36.6 Å². The highest BCUT2D eigenvalue weighted by Gasteiger charge is 2.16. The molecule has 0 N–H and O–H groups in total. The van der Waals surface area contributed by atoms with E-state index in [2.05, 4.69) is 47.0 Å². The van der Waals surface area contributed by atoms with Crippen molar-refractivity contribution in [3.05, 3.63) is 0 Å². The molecule has 2 atom stereocenters. The molecule has 0 heterocycles. The SMILES string of the molecule is CCC[SiH2]CC(C)[SiH3].CC[SiH](C)C[Si](C)(C)C. The molecule has 0 spiro atoms. The van der Waals surface area contributed by atoms with Gasteiger partial charge >= 0.3 is 0 Å². The third-order valence-corrected chi connectivity index (χ3v) is 16.6. The summed E-state index contributed by atoms with van der Waals surface area (Å²) in [5, 5.41) is 0. The van der Waals surface area contributed by atoms with Crippen molar-refractivity contribution in [2.75, 3.05) is 0 Å². The van der Waals surface area contributed by atoms with Gasteiger partial charge in [0.2, 0.25) is 0 Å². The lowest BCUT2D eigenvalue weighted by molar-refractivity contribution is 1.02. The summed E-state index contributed by atoms with van der Waals surface area (Å²) < 4.78 is 0. The highest BCUT2D eigenvalue weighted by atomic mass is 28.4. The van der Waals surface area contributed by atoms with Gasteiger partial charge in [-0.1, -0.05) is 82.7 Å². The van der Waals surface area contributed by atoms with E-state index in [-0.39, 0.29) is 8.80 Å². The molecule has 0 bridgehead atoms. The first-order valence-electron chi connectivity index (χ1n) is 7.72. The van der Waals surface area contributed by atoms with Gasteiger partial charge in [-0.25, -0.2) is 0 Å². The molecule has 0 fully saturated rings. The molecule has 0 amide bonds. The summed E-state index contributed by atoms with van der Waals surface area (Å²) in [4.78, 5) is 0. The van der Waals surface area contributed by atoms with Gasteiger partial charge in [0.1, 0.15) is 0 Å². The maximum absolute atomic E-state index is 2.50. The number of hydrogen-bond acceptors (Lipinski definition) is 0. The smallest absolute Gasteiger partial charge is 0.0413 e. The Bertz CT molecular complexity index is 152. The maximum atomic E-state index is 2.50. The van der Waals surface area contributed by atoms with Crippen LogP contribution in [-0.4, -0.2) is 36.6 Å². The molecular weight excluding hydrogens is 268 g/mol. The van der Waals surface area contributed by atoms with Gasteiger partial charge in [-0.3, -0.25) is 0 Å². The zero-order valence-electron chi connectivity index (χ0n) is 13.9. The van der Waals surface area contributed by atoms with E-state index in [9.17, 15) is 0 Å². The molecule has 0 radical (unpaired) electrons. The summed E-state index contributed by atoms with van der Waals surface area (Å²) in [5.41, 5.74) is 2.73. The molecule has 0 aromatic carbocycles. The first kappa shape index (κ1) is 20.2. The Hall–Kier alpha value is 0.868. The molecule has 0 saturated heterocycles. The van der Waals surface area contributed by atoms with Crippen LogP contribution in [0.4, 0.5) is 0 Å². The fourth-order valence-electron chi connectivity index (χ4n) is 1.99. The minimum Gasteiger partial charge on any atom is -0.0722 e. The Morgan fingerprint density at radius 3 is 2.00 bits per heavy atom. The van der Waals surface area contributed by atoms with Crippen molar-refractivity contribution in [1.82, 2.24) is 0 Å². The first-order valence-corrected chi connectivity index (χ1v) is 17.4. The zero-order valence-corrected chi connectivity index (χ0v) is 19.5. The highest BCUT2D eigenvalue weighted by molar-refractivity contribution is 6.87. The quantitative estimate of drug-likeness (QED) is 0.500. The van der Waals surface area contributed by atoms with Gasteiger partial charge in [0.15, 0.2) is 0 Å². The predicted molar refractivity (Wildman–Crippen MR) is 99.5 cm³/mol. The maximum Gasteiger partial charge on any atom is 0.0413 e. The first-order chi connectivity index (χ1) is 7.72. The lowest BCUT2D eigenvalue weighted by Crippen LogP contribution is -2.26. The van der Waals surface area contributed by atoms with E-state index in [4.69, 9.17) is 0 Å². The van der Waals surface area contributed by atoms with Gasteiger partial charge in [-0.05, 0) is 0 Å². The molecule has 0 rings (SSSR count). The summed E-state index contributed by atoms with van der Waals surface area (Å²) in [6, 6.07) is 4.68. The van der Waals surface area contributed by atoms with E-state index in [1.807, 2.05) is 0 Å². The number of rotatable bonds is 7. The Kier molecular flexibility index (Phi) is 14.2. The largest absolute Gasteiger partial charge is 0.0722 e. The van der Waals surface area contributed by atoms with Crippen LogP contribution in [0.15, 0.2) is 0 Å². The summed E-state index contributed by atoms with van der Waals surface area (Å²) in [7, 11) is 0.895. The van der Waals surface area contributed by atoms with Crippen LogP contribution in [0.25, 0.3) is 0 Å². The second-order valence-electron chi connectivity index (χ2n) is 7.17. The van der Waals surface area contributed by atoms with Crippen molar-refractivity contribution in [1.29, 1.82) is 0 Å². The second-order valence-corrected chi connectivity index (χ2v) is 20.9. The van der Waals surface area contributed by atoms with Gasteiger partial charge < -0.3 is 0 Å². The van der Waals surface area contributed by atoms with Crippen LogP contribution in [0.5, 0.6) is 0 Å². The third kappa shape index (κ3) is 22.5. The molecule has 2 unspecified atom stereocenters. The second kappa shape index (κ2) is 11.9. The molecule has 4 heteroatoms. The van der Waals surface area contributed by atoms with E-state index in [0.717, 1.165) is 5.54 Å². The van der Waals surface area contributed by atoms with Gasteiger partial charge in [0.05, 0.1) is 0 Å². The summed E-state index contributed by atoms with van der Waals surface area (Å²) in [6.07, 6.45) is 1.43. The Labute approximate surface area is 119 Å². The Morgan fingerprint density at radius 2 is 1.76 bits per heavy atom. The topological polar surface area (TPSA) is 0 Å². The summed E-state index contributed by atoms with van der Waals surface area (Å²) >= 11 is 0. The predicted octanol–water partition coefficient (Wildman–Crippen LogP) is 3.32. The molecule has 17 heavy (non-hydrogen) atoms. The van der Waals surface area contributed by atoms with Gasteiger partial charge in [-0.15, -0.1) is 0 Å². The highest BCUT2D eigenvalue weighted by Crippen LogP contribution is 2.12. The van der Waals surface area contributed by atoms with E-state index in [1.165, 1.54) is 22.7 Å². The average Bonchev–Trinajstić information content (AvgIpc) is 2.16. The van der Waals surface area contributed by atoms with Crippen LogP contribution in [0, 0.1) is 0 Å². The van der Waals surface area contributed by atoms with Crippen molar-refractivity contribution >= 4 is 36.6 Å². The van der Waals surface area contributed by atoms with E-state index in [0.29, 0.717) is 9.52 Å². The van der Waals surface area contributed by atoms with Crippen molar-refractivity contribution in [2.24, 2.45) is 0 Å². The van der Waals surface area contributed by atoms with E-state index in [1.54, 1.807) is 17.8 Å². The monoisotopic (exact) mass is 306 g/mol. The lowest BCUT2D eigenvalue weighted by atomic mass is 10.5. The average molecular weight is 307 g/mol. The molecule has 0 aromatic heterocycles. The summed E-state index contributed by atoms with van der Waals surface area (Å²) in [5.74, 6) is 0. The van der Waals surface area contributed by atoms with E-state index >= 15 is 0 Å². The minimum atomic E-state index is -0.680. The third-order valence-electron chi connectivity index (χ3n) is 3.04. The molecule has 0 aromatic rings. The molecule has 0 nitrogen and oxygen atoms in total. The fourth-order valence-corrected chi connectivity index (χ4v) is 14.3. The zero-order chi connectivity index (χ0) is 13.9. The van der Waals surface area contributed by atoms with Crippen LogP contribution >= 0.6 is 0 Å². The molecular formula is C13H38Si4. The van der Waals surface area contributed by atoms with Crippen LogP contribution in [-0.2, 0) is 0 Å². The minimum absolute atomic E-state index is 0.245. The molecule has 0 saturated carbocycles. The van der Waals surface area contributed by atoms with E-state index < -0.39 is 8.07 Å². The standard InChI is InChI=1S/C7H20Si2.C6H18Si2/c1-6-8(2)7-9(3,4)5;1-3-4-8-5-6(2)7/h8H,6-7H2,1-5H3;6H,3-5,8H2,1-2,7H3. The molecule has 0 aliphatic rings. The normalized spacial score (nSPS) is 15.7. The van der Waals surface area contributed by atoms with Crippen LogP contribution in [0.2, 0.25) is 55.5 Å². The van der Waals surface area contributed by atoms with Crippen LogP contribution in [0.3, 0.4) is 0 Å². The van der Waals surface area contributed by atoms with Gasteiger partial charge in [0.25, 0.3) is 0 Å². The van der Waals surface area contributed by atoms with Crippen molar-refractivity contribution in [3.63, 3.8) is 0 Å². The number of hydrogen-bond donors (Lipinski definition) is 0. The fraction of sp³-hybridized carbons (Fsp3) is 1.00. The molecule has 106 valence electrons. The van der Waals surface area contributed by atoms with Crippen molar-refractivity contribution in [3.8, 4) is 0 Å². The molecule has 0 aliphatic carbocycles. The van der Waals surface area contributed by atoms with Crippen LogP contribution < -0.4 is 0 Å². The van der Waals surface area contributed by atoms with Crippen LogP contribution in [0.1, 0.15) is 27.2 Å². The lowest BCUT2D eigenvalue weighted by Gasteiger charge is -2.18. The Balaban J connectivity index is 0. The Morgan fingerprint density at radius 1 is 1.24 bits per heavy atom. The van der Waals surface area contributed by atoms with Crippen molar-refractivity contribution < 1.29 is 0 Å². The molecule has 0 aliphatic heterocycles.